The molecule has 0 heterocycles. The standard InChI is InChI=1S/C11H19NO3/c1-3-9(13)12-11(2)7-5-4-6-8(11)10(14)15/h8H,3-7H2,1-2H3,(H,12,13)(H,14,15). The van der Waals surface area contributed by atoms with E-state index in [-0.39, 0.29) is 5.91 Å². The van der Waals surface area contributed by atoms with Gasteiger partial charge in [-0.15, -0.1) is 0 Å². The van der Waals surface area contributed by atoms with E-state index in [1.165, 1.54) is 0 Å². The number of hydrogen-bond donors (Lipinski definition) is 2. The fourth-order valence-electron chi connectivity index (χ4n) is 2.29. The van der Waals surface area contributed by atoms with Gasteiger partial charge in [0.05, 0.1) is 11.5 Å². The molecule has 0 aromatic rings. The second-order valence-corrected chi connectivity index (χ2v) is 4.46. The molecule has 0 aromatic heterocycles. The molecule has 1 rings (SSSR count). The van der Waals surface area contributed by atoms with Crippen LogP contribution < -0.4 is 5.32 Å². The Morgan fingerprint density at radius 2 is 2.13 bits per heavy atom. The van der Waals surface area contributed by atoms with Crippen molar-refractivity contribution in [3.05, 3.63) is 0 Å². The Bertz CT molecular complexity index is 265. The fourth-order valence-corrected chi connectivity index (χ4v) is 2.29. The number of hydrogen-bond acceptors (Lipinski definition) is 2. The molecule has 4 heteroatoms. The number of aliphatic carboxylic acids is 1. The molecule has 4 nitrogen and oxygen atoms in total. The van der Waals surface area contributed by atoms with Crippen molar-refractivity contribution in [3.8, 4) is 0 Å². The summed E-state index contributed by atoms with van der Waals surface area (Å²) in [7, 11) is 0. The van der Waals surface area contributed by atoms with Gasteiger partial charge in [0.1, 0.15) is 0 Å². The van der Waals surface area contributed by atoms with Crippen LogP contribution in [0.4, 0.5) is 0 Å². The summed E-state index contributed by atoms with van der Waals surface area (Å²) in [6.45, 7) is 3.62. The third-order valence-corrected chi connectivity index (χ3v) is 3.25. The van der Waals surface area contributed by atoms with Gasteiger partial charge in [-0.3, -0.25) is 9.59 Å². The SMILES string of the molecule is CCC(=O)NC1(C)CCCCC1C(=O)O. The second kappa shape index (κ2) is 4.64. The summed E-state index contributed by atoms with van der Waals surface area (Å²) in [4.78, 5) is 22.4. The number of carboxylic acids is 1. The van der Waals surface area contributed by atoms with E-state index in [2.05, 4.69) is 5.32 Å². The normalized spacial score (nSPS) is 30.9. The van der Waals surface area contributed by atoms with Crippen LogP contribution in [0.25, 0.3) is 0 Å². The predicted molar refractivity (Wildman–Crippen MR) is 56.4 cm³/mol. The maximum absolute atomic E-state index is 11.3. The van der Waals surface area contributed by atoms with E-state index in [0.717, 1.165) is 19.3 Å². The van der Waals surface area contributed by atoms with Crippen molar-refractivity contribution in [1.82, 2.24) is 5.32 Å². The Labute approximate surface area is 90.0 Å². The van der Waals surface area contributed by atoms with E-state index in [0.29, 0.717) is 12.8 Å². The van der Waals surface area contributed by atoms with Crippen LogP contribution in [0.2, 0.25) is 0 Å². The average Bonchev–Trinajstić information content (AvgIpc) is 2.17. The van der Waals surface area contributed by atoms with Crippen molar-refractivity contribution in [2.24, 2.45) is 5.92 Å². The largest absolute Gasteiger partial charge is 0.481 e. The van der Waals surface area contributed by atoms with Crippen LogP contribution in [-0.2, 0) is 9.59 Å². The monoisotopic (exact) mass is 213 g/mol. The van der Waals surface area contributed by atoms with Crippen molar-refractivity contribution < 1.29 is 14.7 Å². The van der Waals surface area contributed by atoms with Crippen LogP contribution in [0.15, 0.2) is 0 Å². The fraction of sp³-hybridized carbons (Fsp3) is 0.818. The Balaban J connectivity index is 2.76. The minimum absolute atomic E-state index is 0.0642. The van der Waals surface area contributed by atoms with Crippen LogP contribution >= 0.6 is 0 Å². The van der Waals surface area contributed by atoms with E-state index < -0.39 is 17.4 Å². The zero-order valence-electron chi connectivity index (χ0n) is 9.38. The average molecular weight is 213 g/mol. The molecule has 0 spiro atoms. The molecule has 0 saturated heterocycles. The second-order valence-electron chi connectivity index (χ2n) is 4.46. The van der Waals surface area contributed by atoms with Crippen molar-refractivity contribution in [1.29, 1.82) is 0 Å². The maximum atomic E-state index is 11.3. The minimum Gasteiger partial charge on any atom is -0.481 e. The number of carboxylic acid groups (broad SMARTS) is 1. The first-order valence-corrected chi connectivity index (χ1v) is 5.53. The highest BCUT2D eigenvalue weighted by atomic mass is 16.4. The number of amides is 1. The highest BCUT2D eigenvalue weighted by molar-refractivity contribution is 5.79. The van der Waals surface area contributed by atoms with Crippen molar-refractivity contribution in [2.45, 2.75) is 51.5 Å². The first-order chi connectivity index (χ1) is 6.99. The Morgan fingerprint density at radius 3 is 2.67 bits per heavy atom. The zero-order chi connectivity index (χ0) is 11.5. The third-order valence-electron chi connectivity index (χ3n) is 3.25. The van der Waals surface area contributed by atoms with E-state index in [1.807, 2.05) is 6.92 Å². The third kappa shape index (κ3) is 2.70. The van der Waals surface area contributed by atoms with Gasteiger partial charge in [0.15, 0.2) is 0 Å². The molecule has 15 heavy (non-hydrogen) atoms. The van der Waals surface area contributed by atoms with Crippen LogP contribution in [0.1, 0.15) is 46.0 Å². The van der Waals surface area contributed by atoms with Crippen molar-refractivity contribution in [3.63, 3.8) is 0 Å². The van der Waals surface area contributed by atoms with Gasteiger partial charge in [-0.2, -0.15) is 0 Å². The number of carbonyl (C=O) groups excluding carboxylic acids is 1. The molecule has 1 saturated carbocycles. The molecule has 1 aliphatic rings. The van der Waals surface area contributed by atoms with Crippen LogP contribution in [-0.4, -0.2) is 22.5 Å². The van der Waals surface area contributed by atoms with E-state index in [9.17, 15) is 9.59 Å². The van der Waals surface area contributed by atoms with Crippen molar-refractivity contribution in [2.75, 3.05) is 0 Å². The number of carbonyl (C=O) groups is 2. The maximum Gasteiger partial charge on any atom is 0.308 e. The summed E-state index contributed by atoms with van der Waals surface area (Å²) in [6.07, 6.45) is 3.76. The summed E-state index contributed by atoms with van der Waals surface area (Å²) >= 11 is 0. The highest BCUT2D eigenvalue weighted by Gasteiger charge is 2.41. The van der Waals surface area contributed by atoms with E-state index in [1.54, 1.807) is 6.92 Å². The molecule has 2 atom stereocenters. The summed E-state index contributed by atoms with van der Waals surface area (Å²) in [5.41, 5.74) is -0.558. The summed E-state index contributed by atoms with van der Waals surface area (Å²) < 4.78 is 0. The zero-order valence-corrected chi connectivity index (χ0v) is 9.38. The number of rotatable bonds is 3. The van der Waals surface area contributed by atoms with Crippen molar-refractivity contribution >= 4 is 11.9 Å². The minimum atomic E-state index is -0.798. The Hall–Kier alpha value is -1.06. The van der Waals surface area contributed by atoms with Gasteiger partial charge in [0, 0.05) is 6.42 Å². The summed E-state index contributed by atoms with van der Waals surface area (Å²) in [5.74, 6) is -1.30. The van der Waals surface area contributed by atoms with Gasteiger partial charge in [0.25, 0.3) is 0 Å². The summed E-state index contributed by atoms with van der Waals surface area (Å²) in [6, 6.07) is 0. The molecule has 2 N–H and O–H groups in total. The molecule has 0 aliphatic heterocycles. The lowest BCUT2D eigenvalue weighted by molar-refractivity contribution is -0.146. The lowest BCUT2D eigenvalue weighted by Crippen LogP contribution is -2.55. The smallest absolute Gasteiger partial charge is 0.308 e. The molecule has 1 amide bonds. The van der Waals surface area contributed by atoms with Crippen LogP contribution in [0.5, 0.6) is 0 Å². The topological polar surface area (TPSA) is 66.4 Å². The van der Waals surface area contributed by atoms with Gasteiger partial charge in [-0.05, 0) is 19.8 Å². The molecule has 1 aliphatic carbocycles. The molecule has 1 fully saturated rings. The first kappa shape index (κ1) is 12.0. The van der Waals surface area contributed by atoms with E-state index >= 15 is 0 Å². The predicted octanol–water partition coefficient (Wildman–Crippen LogP) is 1.55. The summed E-state index contributed by atoms with van der Waals surface area (Å²) in [5, 5.41) is 12.0. The van der Waals surface area contributed by atoms with E-state index in [4.69, 9.17) is 5.11 Å². The first-order valence-electron chi connectivity index (χ1n) is 5.53. The Kier molecular flexibility index (Phi) is 3.72. The van der Waals surface area contributed by atoms with Gasteiger partial charge in [-0.1, -0.05) is 19.8 Å². The van der Waals surface area contributed by atoms with Crippen LogP contribution in [0, 0.1) is 5.92 Å². The van der Waals surface area contributed by atoms with Gasteiger partial charge in [0.2, 0.25) is 5.91 Å². The molecular weight excluding hydrogens is 194 g/mol. The molecular formula is C11H19NO3. The highest BCUT2D eigenvalue weighted by Crippen LogP contribution is 2.33. The Morgan fingerprint density at radius 1 is 1.47 bits per heavy atom. The molecule has 86 valence electrons. The molecule has 0 bridgehead atoms. The lowest BCUT2D eigenvalue weighted by atomic mass is 9.74. The van der Waals surface area contributed by atoms with Gasteiger partial charge in [-0.25, -0.2) is 0 Å². The van der Waals surface area contributed by atoms with Gasteiger partial charge < -0.3 is 10.4 Å². The molecule has 0 aromatic carbocycles. The van der Waals surface area contributed by atoms with Gasteiger partial charge >= 0.3 is 5.97 Å². The molecule has 2 unspecified atom stereocenters. The molecule has 0 radical (unpaired) electrons. The lowest BCUT2D eigenvalue weighted by Gasteiger charge is -2.39. The number of nitrogens with one attached hydrogen (secondary N) is 1. The quantitative estimate of drug-likeness (QED) is 0.747. The van der Waals surface area contributed by atoms with Crippen LogP contribution in [0.3, 0.4) is 0 Å².